The van der Waals surface area contributed by atoms with Crippen molar-refractivity contribution in [3.05, 3.63) is 46.6 Å². The highest BCUT2D eigenvalue weighted by Gasteiger charge is 2.21. The van der Waals surface area contributed by atoms with E-state index in [-0.39, 0.29) is 28.6 Å². The molecule has 2 rings (SSSR count). The lowest BCUT2D eigenvalue weighted by molar-refractivity contribution is 0.546. The van der Waals surface area contributed by atoms with E-state index in [1.807, 2.05) is 20.8 Å². The van der Waals surface area contributed by atoms with E-state index in [1.54, 1.807) is 18.2 Å². The minimum absolute atomic E-state index is 0.200. The summed E-state index contributed by atoms with van der Waals surface area (Å²) in [7, 11) is 0. The lowest BCUT2D eigenvalue weighted by Gasteiger charge is -2.19. The molecule has 4 nitrogen and oxygen atoms in total. The quantitative estimate of drug-likeness (QED) is 0.847. The monoisotopic (exact) mass is 308 g/mol. The van der Waals surface area contributed by atoms with Crippen molar-refractivity contribution in [2.45, 2.75) is 32.7 Å². The van der Waals surface area contributed by atoms with Crippen LogP contribution >= 0.6 is 11.6 Å². The van der Waals surface area contributed by atoms with E-state index in [9.17, 15) is 4.39 Å². The van der Waals surface area contributed by atoms with Gasteiger partial charge in [0.2, 0.25) is 0 Å². The highest BCUT2D eigenvalue weighted by atomic mass is 35.5. The topological polar surface area (TPSA) is 63.8 Å². The van der Waals surface area contributed by atoms with Crippen LogP contribution < -0.4 is 11.1 Å². The van der Waals surface area contributed by atoms with E-state index < -0.39 is 0 Å². The van der Waals surface area contributed by atoms with Crippen LogP contribution in [0.3, 0.4) is 0 Å². The molecule has 0 radical (unpaired) electrons. The van der Waals surface area contributed by atoms with Gasteiger partial charge in [0.25, 0.3) is 0 Å². The third-order valence-corrected chi connectivity index (χ3v) is 3.26. The van der Waals surface area contributed by atoms with Crippen LogP contribution in [0.4, 0.5) is 15.9 Å². The van der Waals surface area contributed by atoms with Crippen molar-refractivity contribution in [3.63, 3.8) is 0 Å². The summed E-state index contributed by atoms with van der Waals surface area (Å²) in [5, 5.41) is 3.22. The Morgan fingerprint density at radius 3 is 2.52 bits per heavy atom. The lowest BCUT2D eigenvalue weighted by atomic mass is 9.96. The average Bonchev–Trinajstić information content (AvgIpc) is 2.40. The normalized spacial score (nSPS) is 11.5. The number of anilines is 2. The summed E-state index contributed by atoms with van der Waals surface area (Å²) >= 11 is 6.05. The minimum atomic E-state index is -0.278. The van der Waals surface area contributed by atoms with E-state index >= 15 is 0 Å². The maximum absolute atomic E-state index is 13.6. The summed E-state index contributed by atoms with van der Waals surface area (Å²) in [6.07, 6.45) is 0. The predicted octanol–water partition coefficient (Wildman–Crippen LogP) is 3.76. The smallest absolute Gasteiger partial charge is 0.157 e. The van der Waals surface area contributed by atoms with Crippen molar-refractivity contribution < 1.29 is 4.39 Å². The molecule has 112 valence electrons. The maximum Gasteiger partial charge on any atom is 0.157 e. The molecule has 1 aromatic heterocycles. The standard InChI is InChI=1S/C15H18ClFN4/c1-15(2,3)14-20-12(16)11(18)13(21-14)19-8-9-6-4-5-7-10(9)17/h4-7H,8,18H2,1-3H3,(H,19,20,21). The Labute approximate surface area is 128 Å². The summed E-state index contributed by atoms with van der Waals surface area (Å²) in [5.74, 6) is 0.723. The fourth-order valence-electron chi connectivity index (χ4n) is 1.73. The first-order valence-electron chi connectivity index (χ1n) is 6.60. The van der Waals surface area contributed by atoms with Crippen molar-refractivity contribution in [2.75, 3.05) is 11.1 Å². The van der Waals surface area contributed by atoms with Crippen LogP contribution in [-0.2, 0) is 12.0 Å². The van der Waals surface area contributed by atoms with Gasteiger partial charge in [0, 0.05) is 17.5 Å². The fourth-order valence-corrected chi connectivity index (χ4v) is 1.90. The van der Waals surface area contributed by atoms with Gasteiger partial charge in [-0.3, -0.25) is 0 Å². The molecule has 0 unspecified atom stereocenters. The van der Waals surface area contributed by atoms with Crippen LogP contribution in [0.15, 0.2) is 24.3 Å². The number of nitrogens with one attached hydrogen (secondary N) is 1. The summed E-state index contributed by atoms with van der Waals surface area (Å²) in [6.45, 7) is 6.22. The largest absolute Gasteiger partial charge is 0.393 e. The van der Waals surface area contributed by atoms with Crippen molar-refractivity contribution in [2.24, 2.45) is 0 Å². The fraction of sp³-hybridized carbons (Fsp3) is 0.333. The predicted molar refractivity (Wildman–Crippen MR) is 83.9 cm³/mol. The number of nitrogens with zero attached hydrogens (tertiary/aromatic N) is 2. The Kier molecular flexibility index (Phi) is 4.32. The first-order chi connectivity index (χ1) is 9.79. The number of halogens is 2. The van der Waals surface area contributed by atoms with Gasteiger partial charge in [-0.25, -0.2) is 14.4 Å². The molecule has 0 spiro atoms. The van der Waals surface area contributed by atoms with Crippen LogP contribution in [0.1, 0.15) is 32.2 Å². The second kappa shape index (κ2) is 5.85. The molecule has 6 heteroatoms. The number of aromatic nitrogens is 2. The molecule has 1 aromatic carbocycles. The molecule has 1 heterocycles. The number of nitrogens with two attached hydrogens (primary N) is 1. The van der Waals surface area contributed by atoms with E-state index in [1.165, 1.54) is 6.07 Å². The molecule has 0 saturated heterocycles. The molecule has 0 atom stereocenters. The highest BCUT2D eigenvalue weighted by Crippen LogP contribution is 2.28. The van der Waals surface area contributed by atoms with E-state index in [4.69, 9.17) is 17.3 Å². The Morgan fingerprint density at radius 2 is 1.90 bits per heavy atom. The summed E-state index contributed by atoms with van der Waals surface area (Å²) in [6, 6.07) is 6.53. The molecule has 21 heavy (non-hydrogen) atoms. The molecular formula is C15H18ClFN4. The Morgan fingerprint density at radius 1 is 1.24 bits per heavy atom. The van der Waals surface area contributed by atoms with Crippen LogP contribution in [-0.4, -0.2) is 9.97 Å². The van der Waals surface area contributed by atoms with Crippen molar-refractivity contribution in [3.8, 4) is 0 Å². The number of benzene rings is 1. The zero-order valence-electron chi connectivity index (χ0n) is 12.2. The van der Waals surface area contributed by atoms with Gasteiger partial charge in [0.1, 0.15) is 17.3 Å². The molecule has 0 fully saturated rings. The second-order valence-electron chi connectivity index (χ2n) is 5.80. The van der Waals surface area contributed by atoms with E-state index in [2.05, 4.69) is 15.3 Å². The van der Waals surface area contributed by atoms with Gasteiger partial charge in [-0.05, 0) is 6.07 Å². The van der Waals surface area contributed by atoms with Gasteiger partial charge in [-0.2, -0.15) is 0 Å². The minimum Gasteiger partial charge on any atom is -0.393 e. The third-order valence-electron chi connectivity index (χ3n) is 2.97. The maximum atomic E-state index is 13.6. The van der Waals surface area contributed by atoms with Crippen LogP contribution in [0.5, 0.6) is 0 Å². The molecule has 0 bridgehead atoms. The zero-order chi connectivity index (χ0) is 15.6. The van der Waals surface area contributed by atoms with Gasteiger partial charge < -0.3 is 11.1 Å². The van der Waals surface area contributed by atoms with Gasteiger partial charge in [-0.15, -0.1) is 0 Å². The summed E-state index contributed by atoms with van der Waals surface area (Å²) < 4.78 is 13.6. The van der Waals surface area contributed by atoms with Crippen molar-refractivity contribution in [1.29, 1.82) is 0 Å². The first-order valence-corrected chi connectivity index (χ1v) is 6.97. The van der Waals surface area contributed by atoms with E-state index in [0.29, 0.717) is 17.2 Å². The van der Waals surface area contributed by atoms with E-state index in [0.717, 1.165) is 0 Å². The first kappa shape index (κ1) is 15.5. The summed E-state index contributed by atoms with van der Waals surface area (Å²) in [4.78, 5) is 8.59. The van der Waals surface area contributed by atoms with Gasteiger partial charge in [0.15, 0.2) is 11.0 Å². The summed E-state index contributed by atoms with van der Waals surface area (Å²) in [5.41, 5.74) is 6.42. The number of hydrogen-bond acceptors (Lipinski definition) is 4. The lowest BCUT2D eigenvalue weighted by Crippen LogP contribution is -2.18. The molecule has 0 aliphatic carbocycles. The molecule has 2 aromatic rings. The molecule has 0 aliphatic rings. The number of rotatable bonds is 3. The SMILES string of the molecule is CC(C)(C)c1nc(Cl)c(N)c(NCc2ccccc2F)n1. The zero-order valence-corrected chi connectivity index (χ0v) is 13.0. The number of nitrogen functional groups attached to an aromatic ring is 1. The molecule has 0 amide bonds. The number of hydrogen-bond donors (Lipinski definition) is 2. The Bertz CT molecular complexity index is 653. The van der Waals surface area contributed by atoms with Gasteiger partial charge in [0.05, 0.1) is 0 Å². The highest BCUT2D eigenvalue weighted by molar-refractivity contribution is 6.32. The van der Waals surface area contributed by atoms with Crippen molar-refractivity contribution in [1.82, 2.24) is 9.97 Å². The van der Waals surface area contributed by atoms with Crippen molar-refractivity contribution >= 4 is 23.1 Å². The average molecular weight is 309 g/mol. The van der Waals surface area contributed by atoms with Gasteiger partial charge >= 0.3 is 0 Å². The van der Waals surface area contributed by atoms with Crippen LogP contribution in [0.2, 0.25) is 5.15 Å². The molecule has 3 N–H and O–H groups in total. The third kappa shape index (κ3) is 3.61. The second-order valence-corrected chi connectivity index (χ2v) is 6.15. The van der Waals surface area contributed by atoms with Gasteiger partial charge in [-0.1, -0.05) is 50.6 Å². The molecule has 0 saturated carbocycles. The Balaban J connectivity index is 2.28. The molecule has 0 aliphatic heterocycles. The van der Waals surface area contributed by atoms with Crippen LogP contribution in [0, 0.1) is 5.82 Å². The Hall–Kier alpha value is -1.88. The van der Waals surface area contributed by atoms with Crippen LogP contribution in [0.25, 0.3) is 0 Å². The molecular weight excluding hydrogens is 291 g/mol.